The molecule has 0 spiro atoms. The third-order valence-electron chi connectivity index (χ3n) is 7.11. The lowest BCUT2D eigenvalue weighted by Gasteiger charge is -2.37. The van der Waals surface area contributed by atoms with E-state index in [1.807, 2.05) is 30.3 Å². The predicted molar refractivity (Wildman–Crippen MR) is 158 cm³/mol. The molecule has 0 saturated carbocycles. The molecule has 0 bridgehead atoms. The minimum Gasteiger partial charge on any atom is -0.362 e. The molecule has 2 aliphatic rings. The summed E-state index contributed by atoms with van der Waals surface area (Å²) >= 11 is 11.9. The van der Waals surface area contributed by atoms with Gasteiger partial charge >= 0.3 is 6.18 Å². The van der Waals surface area contributed by atoms with Crippen molar-refractivity contribution in [1.82, 2.24) is 10.2 Å². The highest BCUT2D eigenvalue weighted by Gasteiger charge is 2.35. The Morgan fingerprint density at radius 3 is 2.36 bits per heavy atom. The highest BCUT2D eigenvalue weighted by atomic mass is 35.5. The third kappa shape index (κ3) is 5.88. The molecule has 14 heteroatoms. The third-order valence-corrected chi connectivity index (χ3v) is 7.72. The number of nitro groups is 1. The van der Waals surface area contributed by atoms with Crippen LogP contribution in [0.2, 0.25) is 5.02 Å². The Hall–Kier alpha value is -4.23. The first-order valence-corrected chi connectivity index (χ1v) is 13.6. The number of likely N-dealkylation sites (N-methyl/N-ethyl adjacent to an activating group) is 1. The fraction of sp³-hybridized carbons (Fsp3) is 0.250. The molecule has 0 radical (unpaired) electrons. The topological polar surface area (TPSA) is 94.3 Å². The zero-order valence-electron chi connectivity index (χ0n) is 22.1. The summed E-state index contributed by atoms with van der Waals surface area (Å²) in [6.07, 6.45) is -5.75. The molecule has 3 aromatic carbocycles. The number of nitrogens with zero attached hydrogens (tertiary/aromatic N) is 5. The van der Waals surface area contributed by atoms with Gasteiger partial charge in [-0.1, -0.05) is 41.9 Å². The van der Waals surface area contributed by atoms with Crippen molar-refractivity contribution in [3.05, 3.63) is 98.6 Å². The second kappa shape index (κ2) is 11.6. The molecule has 1 unspecified atom stereocenters. The highest BCUT2D eigenvalue weighted by molar-refractivity contribution is 7.80. The van der Waals surface area contributed by atoms with Crippen LogP contribution in [0.1, 0.15) is 16.7 Å². The summed E-state index contributed by atoms with van der Waals surface area (Å²) in [5.41, 5.74) is 1.06. The number of carbonyl (C=O) groups is 1. The van der Waals surface area contributed by atoms with Gasteiger partial charge in [-0.25, -0.2) is 4.99 Å². The second-order valence-electron chi connectivity index (χ2n) is 9.69. The summed E-state index contributed by atoms with van der Waals surface area (Å²) in [6.45, 7) is 1.14. The lowest BCUT2D eigenvalue weighted by Crippen LogP contribution is -2.55. The van der Waals surface area contributed by atoms with E-state index in [2.05, 4.69) is 5.32 Å². The van der Waals surface area contributed by atoms with Crippen molar-refractivity contribution in [3.63, 3.8) is 0 Å². The molecule has 9 nitrogen and oxygen atoms in total. The molecule has 5 rings (SSSR count). The Bertz CT molecular complexity index is 1580. The smallest absolute Gasteiger partial charge is 0.362 e. The van der Waals surface area contributed by atoms with E-state index in [9.17, 15) is 28.1 Å². The van der Waals surface area contributed by atoms with Crippen LogP contribution in [0.3, 0.4) is 0 Å². The highest BCUT2D eigenvalue weighted by Crippen LogP contribution is 2.37. The van der Waals surface area contributed by atoms with Crippen molar-refractivity contribution in [2.75, 3.05) is 43.0 Å². The van der Waals surface area contributed by atoms with E-state index in [0.29, 0.717) is 41.1 Å². The molecule has 2 heterocycles. The van der Waals surface area contributed by atoms with Crippen LogP contribution in [0.5, 0.6) is 0 Å². The van der Waals surface area contributed by atoms with E-state index in [-0.39, 0.29) is 29.8 Å². The lowest BCUT2D eigenvalue weighted by atomic mass is 10.0. The van der Waals surface area contributed by atoms with Crippen LogP contribution in [-0.4, -0.2) is 65.9 Å². The Balaban J connectivity index is 1.35. The van der Waals surface area contributed by atoms with Gasteiger partial charge in [0.2, 0.25) is 6.17 Å². The number of halogens is 4. The molecule has 1 amide bonds. The van der Waals surface area contributed by atoms with Gasteiger partial charge in [0, 0.05) is 55.4 Å². The van der Waals surface area contributed by atoms with E-state index in [1.165, 1.54) is 4.90 Å². The number of benzodiazepines with no additional fused rings is 1. The van der Waals surface area contributed by atoms with Gasteiger partial charge in [0.15, 0.2) is 5.11 Å². The minimum absolute atomic E-state index is 0.0978. The molecule has 1 atom stereocenters. The van der Waals surface area contributed by atoms with Crippen LogP contribution in [0.25, 0.3) is 0 Å². The molecule has 0 aromatic heterocycles. The number of amides is 1. The number of nitrogens with one attached hydrogen (secondary N) is 1. The standard InChI is InChI=1S/C28H24ClF3N6O3S/c1-35-21-10-8-19(29)16-20(21)24(17-5-3-2-4-6-17)33-25(26(35)39)34-27(42)37-13-11-36(12-14-37)22-9-7-18(28(30,31)32)15-23(22)38(40)41/h2-10,15-16,25H,11-14H2,1H3,(H,34,42). The van der Waals surface area contributed by atoms with Gasteiger partial charge in [0.05, 0.1) is 21.9 Å². The van der Waals surface area contributed by atoms with Gasteiger partial charge in [0.25, 0.3) is 11.6 Å². The molecule has 1 saturated heterocycles. The van der Waals surface area contributed by atoms with Gasteiger partial charge in [-0.3, -0.25) is 14.9 Å². The number of nitro benzene ring substituents is 1. The average Bonchev–Trinajstić information content (AvgIpc) is 3.07. The van der Waals surface area contributed by atoms with Gasteiger partial charge in [-0.15, -0.1) is 0 Å². The minimum atomic E-state index is -4.69. The van der Waals surface area contributed by atoms with Gasteiger partial charge in [-0.2, -0.15) is 13.2 Å². The Kier molecular flexibility index (Phi) is 8.06. The van der Waals surface area contributed by atoms with Crippen LogP contribution in [-0.2, 0) is 11.0 Å². The number of piperazine rings is 1. The first-order valence-electron chi connectivity index (χ1n) is 12.8. The number of fused-ring (bicyclic) bond motifs is 1. The van der Waals surface area contributed by atoms with Crippen molar-refractivity contribution in [2.24, 2.45) is 4.99 Å². The van der Waals surface area contributed by atoms with E-state index >= 15 is 0 Å². The Morgan fingerprint density at radius 2 is 1.71 bits per heavy atom. The zero-order chi connectivity index (χ0) is 30.2. The predicted octanol–water partition coefficient (Wildman–Crippen LogP) is 5.10. The van der Waals surface area contributed by atoms with Crippen molar-refractivity contribution in [2.45, 2.75) is 12.3 Å². The van der Waals surface area contributed by atoms with Gasteiger partial charge in [-0.05, 0) is 42.5 Å². The molecule has 42 heavy (non-hydrogen) atoms. The second-order valence-corrected chi connectivity index (χ2v) is 10.5. The summed E-state index contributed by atoms with van der Waals surface area (Å²) in [5.74, 6) is -0.342. The monoisotopic (exact) mass is 616 g/mol. The zero-order valence-corrected chi connectivity index (χ0v) is 23.7. The summed E-state index contributed by atoms with van der Waals surface area (Å²) in [5, 5.41) is 15.4. The Labute approximate surface area is 249 Å². The SMILES string of the molecule is CN1C(=O)C(NC(=S)N2CCN(c3ccc(C(F)(F)F)cc3[N+](=O)[O-])CC2)N=C(c2ccccc2)c2cc(Cl)ccc21. The molecule has 0 aliphatic carbocycles. The number of hydrogen-bond acceptors (Lipinski definition) is 6. The van der Waals surface area contributed by atoms with Crippen LogP contribution in [0, 0.1) is 10.1 Å². The lowest BCUT2D eigenvalue weighted by molar-refractivity contribution is -0.384. The van der Waals surface area contributed by atoms with Crippen molar-refractivity contribution in [3.8, 4) is 0 Å². The van der Waals surface area contributed by atoms with Crippen LogP contribution in [0.15, 0.2) is 71.7 Å². The van der Waals surface area contributed by atoms with Gasteiger partial charge in [0.1, 0.15) is 5.69 Å². The van der Waals surface area contributed by atoms with Crippen LogP contribution >= 0.6 is 23.8 Å². The number of rotatable bonds is 4. The number of benzene rings is 3. The maximum absolute atomic E-state index is 13.5. The summed E-state index contributed by atoms with van der Waals surface area (Å²) < 4.78 is 39.4. The van der Waals surface area contributed by atoms with E-state index in [1.54, 1.807) is 35.0 Å². The number of thiocarbonyl (C=S) groups is 1. The normalized spacial score (nSPS) is 17.4. The van der Waals surface area contributed by atoms with E-state index in [4.69, 9.17) is 28.8 Å². The summed E-state index contributed by atoms with van der Waals surface area (Å²) in [6, 6.07) is 17.1. The van der Waals surface area contributed by atoms with Crippen LogP contribution in [0.4, 0.5) is 30.2 Å². The molecule has 2 aliphatic heterocycles. The van der Waals surface area contributed by atoms with Crippen molar-refractivity contribution < 1.29 is 22.9 Å². The van der Waals surface area contributed by atoms with Crippen LogP contribution < -0.4 is 15.1 Å². The average molecular weight is 617 g/mol. The molecular formula is C28H24ClF3N6O3S. The Morgan fingerprint density at radius 1 is 1.05 bits per heavy atom. The number of carbonyl (C=O) groups excluding carboxylic acids is 1. The number of alkyl halides is 3. The quantitative estimate of drug-likeness (QED) is 0.248. The molecule has 1 fully saturated rings. The summed E-state index contributed by atoms with van der Waals surface area (Å²) in [4.78, 5) is 34.0. The number of aliphatic imine (C=N–C) groups is 1. The maximum Gasteiger partial charge on any atom is 0.416 e. The fourth-order valence-corrected chi connectivity index (χ4v) is 5.40. The first kappa shape index (κ1) is 29.3. The van der Waals surface area contributed by atoms with E-state index in [0.717, 1.165) is 17.7 Å². The largest absolute Gasteiger partial charge is 0.416 e. The molecule has 3 aromatic rings. The molecule has 1 N–H and O–H groups in total. The fourth-order valence-electron chi connectivity index (χ4n) is 4.94. The summed E-state index contributed by atoms with van der Waals surface area (Å²) in [7, 11) is 1.64. The van der Waals surface area contributed by atoms with Crippen molar-refractivity contribution in [1.29, 1.82) is 0 Å². The first-order chi connectivity index (χ1) is 19.9. The van der Waals surface area contributed by atoms with Gasteiger partial charge < -0.3 is 20.0 Å². The van der Waals surface area contributed by atoms with E-state index < -0.39 is 28.5 Å². The molecule has 218 valence electrons. The maximum atomic E-state index is 13.5. The number of hydrogen-bond donors (Lipinski definition) is 1. The molecular weight excluding hydrogens is 593 g/mol. The van der Waals surface area contributed by atoms with Crippen molar-refractivity contribution >= 4 is 57.6 Å². The number of anilines is 2.